The number of nitrogens with zero attached hydrogens (tertiary/aromatic N) is 3. The van der Waals surface area contributed by atoms with Crippen molar-refractivity contribution in [2.24, 2.45) is 5.73 Å². The Labute approximate surface area is 223 Å². The molecule has 0 aliphatic heterocycles. The van der Waals surface area contributed by atoms with Crippen LogP contribution in [0.5, 0.6) is 5.88 Å². The van der Waals surface area contributed by atoms with Crippen LogP contribution in [-0.2, 0) is 11.2 Å². The number of rotatable bonds is 9. The first-order chi connectivity index (χ1) is 18.0. The molecule has 5 N–H and O–H groups in total. The standard InChI is InChI=1S/C25H22F3N5O3S2/c1-13-12-37-24(31-13)38-19-5-3-2-4-16(19)21(25(26,27)28)36-20-11-18(32-23(30)33-20)15-8-6-14(7-9-15)10-17(29)22(34)35/h2-9,11-12,17,21H,10,29H2,1H3,(H,34,35)(H2,30,32,33)/t17-,21?/m0/s1. The lowest BCUT2D eigenvalue weighted by Gasteiger charge is -2.23. The van der Waals surface area contributed by atoms with Crippen LogP contribution in [0.25, 0.3) is 11.3 Å². The van der Waals surface area contributed by atoms with Gasteiger partial charge in [0.15, 0.2) is 4.34 Å². The second-order valence-corrected chi connectivity index (χ2v) is 10.4. The maximum Gasteiger partial charge on any atom is 0.429 e. The van der Waals surface area contributed by atoms with Gasteiger partial charge in [0, 0.05) is 33.2 Å². The smallest absolute Gasteiger partial charge is 0.429 e. The minimum Gasteiger partial charge on any atom is -0.480 e. The molecular weight excluding hydrogens is 539 g/mol. The average molecular weight is 562 g/mol. The first-order valence-electron chi connectivity index (χ1n) is 11.1. The second-order valence-electron chi connectivity index (χ2n) is 8.23. The van der Waals surface area contributed by atoms with Crippen molar-refractivity contribution in [3.63, 3.8) is 0 Å². The fraction of sp³-hybridized carbons (Fsp3) is 0.200. The van der Waals surface area contributed by atoms with E-state index in [0.29, 0.717) is 20.4 Å². The molecule has 13 heteroatoms. The quantitative estimate of drug-likeness (QED) is 0.249. The van der Waals surface area contributed by atoms with Crippen molar-refractivity contribution in [2.45, 2.75) is 40.9 Å². The van der Waals surface area contributed by atoms with E-state index in [0.717, 1.165) is 17.5 Å². The lowest BCUT2D eigenvalue weighted by atomic mass is 10.0. The van der Waals surface area contributed by atoms with Crippen molar-refractivity contribution in [1.29, 1.82) is 0 Å². The molecule has 0 aliphatic rings. The third kappa shape index (κ3) is 6.79. The molecule has 0 saturated heterocycles. The molecule has 0 fully saturated rings. The van der Waals surface area contributed by atoms with Crippen LogP contribution in [0, 0.1) is 6.92 Å². The number of halogens is 3. The van der Waals surface area contributed by atoms with Crippen LogP contribution < -0.4 is 16.2 Å². The number of anilines is 1. The third-order valence-corrected chi connectivity index (χ3v) is 7.42. The van der Waals surface area contributed by atoms with Gasteiger partial charge in [0.25, 0.3) is 0 Å². The van der Waals surface area contributed by atoms with Gasteiger partial charge in [0.1, 0.15) is 6.04 Å². The van der Waals surface area contributed by atoms with E-state index in [9.17, 15) is 18.0 Å². The van der Waals surface area contributed by atoms with Crippen LogP contribution in [0.4, 0.5) is 19.1 Å². The maximum atomic E-state index is 14.3. The number of aromatic nitrogens is 3. The van der Waals surface area contributed by atoms with Crippen molar-refractivity contribution in [3.05, 3.63) is 76.8 Å². The van der Waals surface area contributed by atoms with Gasteiger partial charge in [-0.05, 0) is 25.0 Å². The Hall–Kier alpha value is -3.68. The predicted molar refractivity (Wildman–Crippen MR) is 138 cm³/mol. The minimum atomic E-state index is -4.76. The highest BCUT2D eigenvalue weighted by molar-refractivity contribution is 8.01. The van der Waals surface area contributed by atoms with E-state index >= 15 is 0 Å². The van der Waals surface area contributed by atoms with Crippen LogP contribution in [0.2, 0.25) is 0 Å². The van der Waals surface area contributed by atoms with Gasteiger partial charge in [-0.15, -0.1) is 11.3 Å². The van der Waals surface area contributed by atoms with Crippen LogP contribution in [-0.4, -0.2) is 38.2 Å². The Balaban J connectivity index is 1.63. The Morgan fingerprint density at radius 2 is 1.84 bits per heavy atom. The molecule has 0 saturated carbocycles. The van der Waals surface area contributed by atoms with Gasteiger partial charge in [-0.1, -0.05) is 54.2 Å². The summed E-state index contributed by atoms with van der Waals surface area (Å²) in [6.45, 7) is 1.81. The highest BCUT2D eigenvalue weighted by atomic mass is 32.2. The number of carbonyl (C=O) groups is 1. The zero-order chi connectivity index (χ0) is 27.4. The number of thiazole rings is 1. The fourth-order valence-electron chi connectivity index (χ4n) is 3.49. The van der Waals surface area contributed by atoms with Crippen LogP contribution in [0.1, 0.15) is 22.9 Å². The number of nitrogens with two attached hydrogens (primary N) is 2. The Morgan fingerprint density at radius 1 is 1.13 bits per heavy atom. The summed E-state index contributed by atoms with van der Waals surface area (Å²) in [7, 11) is 0. The number of carboxylic acid groups (broad SMARTS) is 1. The topological polar surface area (TPSA) is 137 Å². The zero-order valence-corrected chi connectivity index (χ0v) is 21.5. The van der Waals surface area contributed by atoms with Gasteiger partial charge >= 0.3 is 12.1 Å². The van der Waals surface area contributed by atoms with Crippen LogP contribution in [0.15, 0.2) is 69.2 Å². The lowest BCUT2D eigenvalue weighted by Crippen LogP contribution is -2.32. The summed E-state index contributed by atoms with van der Waals surface area (Å²) in [5, 5.41) is 10.8. The molecule has 8 nitrogen and oxygen atoms in total. The van der Waals surface area contributed by atoms with E-state index < -0.39 is 24.3 Å². The van der Waals surface area contributed by atoms with Crippen molar-refractivity contribution in [3.8, 4) is 17.1 Å². The van der Waals surface area contributed by atoms with E-state index in [-0.39, 0.29) is 29.5 Å². The molecule has 2 atom stereocenters. The number of aryl methyl sites for hydroxylation is 1. The van der Waals surface area contributed by atoms with Crippen molar-refractivity contribution in [2.75, 3.05) is 5.73 Å². The molecular formula is C25H22F3N5O3S2. The van der Waals surface area contributed by atoms with Crippen molar-refractivity contribution >= 4 is 35.0 Å². The number of benzene rings is 2. The molecule has 2 aromatic heterocycles. The van der Waals surface area contributed by atoms with Gasteiger partial charge in [-0.3, -0.25) is 4.79 Å². The first-order valence-corrected chi connectivity index (χ1v) is 12.8. The molecule has 198 valence electrons. The predicted octanol–water partition coefficient (Wildman–Crippen LogP) is 5.28. The van der Waals surface area contributed by atoms with Crippen molar-refractivity contribution < 1.29 is 27.8 Å². The molecule has 0 bridgehead atoms. The summed E-state index contributed by atoms with van der Waals surface area (Å²) in [4.78, 5) is 23.7. The summed E-state index contributed by atoms with van der Waals surface area (Å²) in [5.41, 5.74) is 13.5. The average Bonchev–Trinajstić information content (AvgIpc) is 3.27. The molecule has 2 heterocycles. The SMILES string of the molecule is Cc1csc(Sc2ccccc2C(Oc2cc(-c3ccc(C[C@H](N)C(=O)O)cc3)nc(N)n2)C(F)(F)F)n1. The second kappa shape index (κ2) is 11.4. The first kappa shape index (κ1) is 27.4. The molecule has 2 aromatic carbocycles. The number of carboxylic acids is 1. The largest absolute Gasteiger partial charge is 0.480 e. The number of nitrogen functional groups attached to an aromatic ring is 1. The molecule has 4 aromatic rings. The normalized spacial score (nSPS) is 13.2. The Bertz CT molecular complexity index is 1430. The molecule has 0 radical (unpaired) electrons. The molecule has 4 rings (SSSR count). The third-order valence-electron chi connectivity index (χ3n) is 5.28. The van der Waals surface area contributed by atoms with Crippen molar-refractivity contribution in [1.82, 2.24) is 15.0 Å². The molecule has 0 aliphatic carbocycles. The van der Waals surface area contributed by atoms with E-state index in [1.165, 1.54) is 29.5 Å². The highest BCUT2D eigenvalue weighted by Gasteiger charge is 2.44. The summed E-state index contributed by atoms with van der Waals surface area (Å²) in [5.74, 6) is -1.74. The van der Waals surface area contributed by atoms with Crippen LogP contribution in [0.3, 0.4) is 0 Å². The van der Waals surface area contributed by atoms with Gasteiger partial charge in [-0.25, -0.2) is 9.97 Å². The van der Waals surface area contributed by atoms with Crippen LogP contribution >= 0.6 is 23.1 Å². The zero-order valence-electron chi connectivity index (χ0n) is 19.8. The number of hydrogen-bond acceptors (Lipinski definition) is 9. The molecule has 0 spiro atoms. The fourth-order valence-corrected chi connectivity index (χ4v) is 5.44. The van der Waals surface area contributed by atoms with Gasteiger partial charge in [0.05, 0.1) is 5.69 Å². The number of ether oxygens (including phenoxy) is 1. The van der Waals surface area contributed by atoms with Gasteiger partial charge < -0.3 is 21.3 Å². The van der Waals surface area contributed by atoms with E-state index in [1.807, 2.05) is 12.3 Å². The minimum absolute atomic E-state index is 0.0873. The summed E-state index contributed by atoms with van der Waals surface area (Å²) >= 11 is 2.46. The highest BCUT2D eigenvalue weighted by Crippen LogP contribution is 2.43. The summed E-state index contributed by atoms with van der Waals surface area (Å²) < 4.78 is 48.8. The van der Waals surface area contributed by atoms with Gasteiger partial charge in [-0.2, -0.15) is 18.2 Å². The van der Waals surface area contributed by atoms with E-state index in [2.05, 4.69) is 15.0 Å². The number of hydrogen-bond donors (Lipinski definition) is 3. The van der Waals surface area contributed by atoms with Gasteiger partial charge in [0.2, 0.25) is 17.9 Å². The maximum absolute atomic E-state index is 14.3. The molecule has 0 amide bonds. The monoisotopic (exact) mass is 561 g/mol. The summed E-state index contributed by atoms with van der Waals surface area (Å²) in [6, 6.07) is 12.9. The van der Waals surface area contributed by atoms with E-state index in [1.54, 1.807) is 36.4 Å². The lowest BCUT2D eigenvalue weighted by molar-refractivity contribution is -0.199. The Kier molecular flexibility index (Phi) is 8.19. The number of aliphatic carboxylic acids is 1. The summed E-state index contributed by atoms with van der Waals surface area (Å²) in [6.07, 6.45) is -6.98. The number of alkyl halides is 3. The Morgan fingerprint density at radius 3 is 2.47 bits per heavy atom. The molecule has 1 unspecified atom stereocenters. The molecule has 38 heavy (non-hydrogen) atoms. The van der Waals surface area contributed by atoms with E-state index in [4.69, 9.17) is 21.3 Å².